The van der Waals surface area contributed by atoms with Crippen LogP contribution in [0.25, 0.3) is 0 Å². The van der Waals surface area contributed by atoms with Gasteiger partial charge in [0.25, 0.3) is 0 Å². The highest BCUT2D eigenvalue weighted by molar-refractivity contribution is 6.02. The quantitative estimate of drug-likeness (QED) is 0.646. The first-order chi connectivity index (χ1) is 15.3. The van der Waals surface area contributed by atoms with Gasteiger partial charge in [-0.3, -0.25) is 20.2 Å². The molecular formula is C25H32N4O3. The van der Waals surface area contributed by atoms with Gasteiger partial charge < -0.3 is 10.2 Å². The lowest BCUT2D eigenvalue weighted by Crippen LogP contribution is -2.47. The monoisotopic (exact) mass is 436 g/mol. The number of nitrogens with zero attached hydrogens (tertiary/aromatic N) is 1. The fourth-order valence-corrected chi connectivity index (χ4v) is 3.81. The molecule has 4 amide bonds. The molecule has 0 aliphatic carbocycles. The van der Waals surface area contributed by atoms with Crippen molar-refractivity contribution in [1.29, 1.82) is 0 Å². The van der Waals surface area contributed by atoms with Crippen LogP contribution in [0.2, 0.25) is 0 Å². The van der Waals surface area contributed by atoms with Gasteiger partial charge in [0.15, 0.2) is 0 Å². The van der Waals surface area contributed by atoms with Gasteiger partial charge in [-0.15, -0.1) is 0 Å². The number of urea groups is 1. The number of anilines is 1. The Morgan fingerprint density at radius 3 is 2.38 bits per heavy atom. The van der Waals surface area contributed by atoms with E-state index in [1.807, 2.05) is 61.2 Å². The molecule has 1 heterocycles. The zero-order valence-electron chi connectivity index (χ0n) is 19.0. The third-order valence-corrected chi connectivity index (χ3v) is 6.05. The van der Waals surface area contributed by atoms with Gasteiger partial charge in [0.05, 0.1) is 6.54 Å². The molecule has 7 heteroatoms. The maximum atomic E-state index is 13.2. The Balaban J connectivity index is 1.60. The predicted octanol–water partition coefficient (Wildman–Crippen LogP) is 3.54. The Hall–Kier alpha value is -3.19. The van der Waals surface area contributed by atoms with E-state index in [1.54, 1.807) is 6.07 Å². The summed E-state index contributed by atoms with van der Waals surface area (Å²) in [6.45, 7) is 7.34. The Labute approximate surface area is 189 Å². The Morgan fingerprint density at radius 1 is 1.00 bits per heavy atom. The van der Waals surface area contributed by atoms with Crippen LogP contribution in [0, 0.1) is 19.8 Å². The summed E-state index contributed by atoms with van der Waals surface area (Å²) in [6.07, 6.45) is 1.96. The van der Waals surface area contributed by atoms with E-state index in [9.17, 15) is 14.4 Å². The van der Waals surface area contributed by atoms with Crippen molar-refractivity contribution in [2.75, 3.05) is 25.0 Å². The first kappa shape index (κ1) is 23.5. The molecule has 3 rings (SSSR count). The number of nitrogens with one attached hydrogen (secondary N) is 3. The van der Waals surface area contributed by atoms with Crippen LogP contribution in [0.4, 0.5) is 10.5 Å². The molecule has 0 aromatic heterocycles. The number of imide groups is 1. The minimum Gasteiger partial charge on any atom is -0.341 e. The van der Waals surface area contributed by atoms with Crippen molar-refractivity contribution in [2.45, 2.75) is 39.7 Å². The SMILES string of the molecule is Cc1cccc(NC(=O)NC(=O)CN[C@H](C(=O)N2CCC(C)CC2)c2ccccc2)c1C. The second-order valence-electron chi connectivity index (χ2n) is 8.48. The fourth-order valence-electron chi connectivity index (χ4n) is 3.81. The van der Waals surface area contributed by atoms with E-state index < -0.39 is 18.0 Å². The van der Waals surface area contributed by atoms with Crippen molar-refractivity contribution < 1.29 is 14.4 Å². The van der Waals surface area contributed by atoms with Crippen molar-refractivity contribution in [2.24, 2.45) is 5.92 Å². The molecule has 1 saturated heterocycles. The summed E-state index contributed by atoms with van der Waals surface area (Å²) in [5, 5.41) is 8.09. The van der Waals surface area contributed by atoms with Gasteiger partial charge in [0.2, 0.25) is 11.8 Å². The molecule has 1 aliphatic rings. The van der Waals surface area contributed by atoms with E-state index >= 15 is 0 Å². The maximum Gasteiger partial charge on any atom is 0.325 e. The first-order valence-electron chi connectivity index (χ1n) is 11.1. The molecule has 170 valence electrons. The van der Waals surface area contributed by atoms with Crippen molar-refractivity contribution in [3.8, 4) is 0 Å². The summed E-state index contributed by atoms with van der Waals surface area (Å²) in [7, 11) is 0. The number of hydrogen-bond donors (Lipinski definition) is 3. The number of carbonyl (C=O) groups is 3. The van der Waals surface area contributed by atoms with E-state index in [4.69, 9.17) is 0 Å². The number of likely N-dealkylation sites (tertiary alicyclic amines) is 1. The van der Waals surface area contributed by atoms with Gasteiger partial charge in [-0.25, -0.2) is 4.79 Å². The zero-order chi connectivity index (χ0) is 23.1. The van der Waals surface area contributed by atoms with E-state index in [0.29, 0.717) is 11.6 Å². The summed E-state index contributed by atoms with van der Waals surface area (Å²) in [5.74, 6) is 0.0630. The topological polar surface area (TPSA) is 90.5 Å². The van der Waals surface area contributed by atoms with E-state index in [0.717, 1.165) is 42.6 Å². The predicted molar refractivity (Wildman–Crippen MR) is 125 cm³/mol. The highest BCUT2D eigenvalue weighted by atomic mass is 16.2. The molecule has 1 aliphatic heterocycles. The second kappa shape index (κ2) is 10.9. The molecule has 0 bridgehead atoms. The minimum absolute atomic E-state index is 0.0456. The van der Waals surface area contributed by atoms with Crippen molar-refractivity contribution in [3.05, 3.63) is 65.2 Å². The van der Waals surface area contributed by atoms with E-state index in [2.05, 4.69) is 22.9 Å². The Kier molecular flexibility index (Phi) is 8.00. The average Bonchev–Trinajstić information content (AvgIpc) is 2.78. The summed E-state index contributed by atoms with van der Waals surface area (Å²) in [6, 6.07) is 13.7. The van der Waals surface area contributed by atoms with E-state index in [1.165, 1.54) is 0 Å². The largest absolute Gasteiger partial charge is 0.341 e. The number of amides is 4. The number of piperidine rings is 1. The highest BCUT2D eigenvalue weighted by Crippen LogP contribution is 2.22. The van der Waals surface area contributed by atoms with Crippen LogP contribution in [-0.2, 0) is 9.59 Å². The summed E-state index contributed by atoms with van der Waals surface area (Å²) in [5.41, 5.74) is 3.44. The molecule has 3 N–H and O–H groups in total. The lowest BCUT2D eigenvalue weighted by atomic mass is 9.97. The second-order valence-corrected chi connectivity index (χ2v) is 8.48. The first-order valence-corrected chi connectivity index (χ1v) is 11.1. The number of benzene rings is 2. The molecule has 32 heavy (non-hydrogen) atoms. The smallest absolute Gasteiger partial charge is 0.325 e. The molecule has 2 aromatic carbocycles. The van der Waals surface area contributed by atoms with Gasteiger partial charge in [0, 0.05) is 18.8 Å². The van der Waals surface area contributed by atoms with Crippen molar-refractivity contribution in [3.63, 3.8) is 0 Å². The van der Waals surface area contributed by atoms with Crippen molar-refractivity contribution >= 4 is 23.5 Å². The summed E-state index contributed by atoms with van der Waals surface area (Å²) >= 11 is 0. The lowest BCUT2D eigenvalue weighted by Gasteiger charge is -2.33. The maximum absolute atomic E-state index is 13.2. The lowest BCUT2D eigenvalue weighted by molar-refractivity contribution is -0.135. The third kappa shape index (κ3) is 6.17. The van der Waals surface area contributed by atoms with Crippen LogP contribution < -0.4 is 16.0 Å². The molecule has 2 aromatic rings. The molecule has 1 atom stereocenters. The molecule has 0 unspecified atom stereocenters. The van der Waals surface area contributed by atoms with E-state index in [-0.39, 0.29) is 12.5 Å². The number of hydrogen-bond acceptors (Lipinski definition) is 4. The summed E-state index contributed by atoms with van der Waals surface area (Å²) < 4.78 is 0. The normalized spacial score (nSPS) is 15.2. The number of rotatable bonds is 6. The molecule has 7 nitrogen and oxygen atoms in total. The van der Waals surface area contributed by atoms with Gasteiger partial charge >= 0.3 is 6.03 Å². The van der Waals surface area contributed by atoms with Crippen LogP contribution >= 0.6 is 0 Å². The minimum atomic E-state index is -0.641. The standard InChI is InChI=1S/C25H32N4O3/c1-17-12-14-29(15-13-17)24(31)23(20-9-5-4-6-10-20)26-16-22(30)28-25(32)27-21-11-7-8-18(2)19(21)3/h4-11,17,23,26H,12-16H2,1-3H3,(H2,27,28,30,32)/t23-/m0/s1. The highest BCUT2D eigenvalue weighted by Gasteiger charge is 2.28. The van der Waals surface area contributed by atoms with Gasteiger partial charge in [-0.2, -0.15) is 0 Å². The number of aryl methyl sites for hydroxylation is 1. The fraction of sp³-hybridized carbons (Fsp3) is 0.400. The van der Waals surface area contributed by atoms with Crippen LogP contribution in [0.5, 0.6) is 0 Å². The molecule has 0 spiro atoms. The third-order valence-electron chi connectivity index (χ3n) is 6.05. The summed E-state index contributed by atoms with van der Waals surface area (Å²) in [4.78, 5) is 39.7. The number of carbonyl (C=O) groups excluding carboxylic acids is 3. The van der Waals surface area contributed by atoms with Gasteiger partial charge in [-0.05, 0) is 55.4 Å². The van der Waals surface area contributed by atoms with Crippen LogP contribution in [0.3, 0.4) is 0 Å². The van der Waals surface area contributed by atoms with Crippen LogP contribution in [-0.4, -0.2) is 42.4 Å². The molecule has 0 radical (unpaired) electrons. The van der Waals surface area contributed by atoms with Crippen LogP contribution in [0.15, 0.2) is 48.5 Å². The zero-order valence-corrected chi connectivity index (χ0v) is 19.0. The van der Waals surface area contributed by atoms with Gasteiger partial charge in [-0.1, -0.05) is 49.4 Å². The molecular weight excluding hydrogens is 404 g/mol. The molecule has 0 saturated carbocycles. The van der Waals surface area contributed by atoms with Gasteiger partial charge in [0.1, 0.15) is 6.04 Å². The average molecular weight is 437 g/mol. The van der Waals surface area contributed by atoms with Crippen LogP contribution in [0.1, 0.15) is 42.5 Å². The Morgan fingerprint density at radius 2 is 1.69 bits per heavy atom. The van der Waals surface area contributed by atoms with Crippen molar-refractivity contribution in [1.82, 2.24) is 15.5 Å². The Bertz CT molecular complexity index is 953. The molecule has 1 fully saturated rings.